The van der Waals surface area contributed by atoms with Gasteiger partial charge in [0.1, 0.15) is 10.8 Å². The van der Waals surface area contributed by atoms with Gasteiger partial charge in [-0.1, -0.05) is 17.7 Å². The Morgan fingerprint density at radius 1 is 1.38 bits per heavy atom. The highest BCUT2D eigenvalue weighted by Gasteiger charge is 2.11. The number of nitro benzene ring substituents is 1. The number of anilines is 1. The van der Waals surface area contributed by atoms with Gasteiger partial charge in [0.15, 0.2) is 0 Å². The molecule has 8 heteroatoms. The number of aromatic nitrogens is 1. The molecule has 2 rings (SSSR count). The third-order valence-electron chi connectivity index (χ3n) is 2.67. The van der Waals surface area contributed by atoms with Gasteiger partial charge in [-0.3, -0.25) is 14.9 Å². The van der Waals surface area contributed by atoms with Gasteiger partial charge in [-0.25, -0.2) is 0 Å². The first kappa shape index (κ1) is 14.7. The fourth-order valence-corrected chi connectivity index (χ4v) is 1.90. The third kappa shape index (κ3) is 3.26. The van der Waals surface area contributed by atoms with Crippen LogP contribution in [0.5, 0.6) is 0 Å². The highest BCUT2D eigenvalue weighted by Crippen LogP contribution is 2.24. The second-order valence-electron chi connectivity index (χ2n) is 4.32. The summed E-state index contributed by atoms with van der Waals surface area (Å²) >= 11 is 5.71. The highest BCUT2D eigenvalue weighted by molar-refractivity contribution is 6.32. The lowest BCUT2D eigenvalue weighted by atomic mass is 10.2. The number of hydrogen-bond acceptors (Lipinski definition) is 5. The summed E-state index contributed by atoms with van der Waals surface area (Å²) in [6.07, 6.45) is 1.30. The van der Waals surface area contributed by atoms with E-state index in [2.05, 4.69) is 5.10 Å². The molecule has 0 aliphatic rings. The van der Waals surface area contributed by atoms with Gasteiger partial charge >= 0.3 is 0 Å². The van der Waals surface area contributed by atoms with Crippen molar-refractivity contribution < 1.29 is 4.92 Å². The molecule has 0 atom stereocenters. The Morgan fingerprint density at radius 2 is 2.10 bits per heavy atom. The first-order valence-electron chi connectivity index (χ1n) is 5.86. The molecule has 1 aromatic heterocycles. The number of aryl methyl sites for hydroxylation is 1. The molecule has 2 N–H and O–H groups in total. The van der Waals surface area contributed by atoms with Crippen LogP contribution >= 0.6 is 11.6 Å². The van der Waals surface area contributed by atoms with E-state index in [9.17, 15) is 14.9 Å². The van der Waals surface area contributed by atoms with E-state index in [1.54, 1.807) is 19.1 Å². The van der Waals surface area contributed by atoms with Crippen LogP contribution in [0.15, 0.2) is 40.2 Å². The molecule has 0 fully saturated rings. The molecule has 0 saturated heterocycles. The molecule has 108 valence electrons. The number of nitrogen functional groups attached to an aromatic ring is 1. The predicted octanol–water partition coefficient (Wildman–Crippen LogP) is 2.18. The van der Waals surface area contributed by atoms with Crippen LogP contribution in [0.4, 0.5) is 11.5 Å². The van der Waals surface area contributed by atoms with Crippen molar-refractivity contribution in [2.75, 3.05) is 5.73 Å². The van der Waals surface area contributed by atoms with Crippen molar-refractivity contribution in [3.05, 3.63) is 66.9 Å². The summed E-state index contributed by atoms with van der Waals surface area (Å²) in [7, 11) is 0. The number of hydrogen-bond donors (Lipinski definition) is 1. The maximum absolute atomic E-state index is 11.8. The smallest absolute Gasteiger partial charge is 0.288 e. The minimum atomic E-state index is -0.591. The van der Waals surface area contributed by atoms with Crippen LogP contribution in [0.2, 0.25) is 5.02 Å². The Balaban J connectivity index is 2.41. The Bertz CT molecular complexity index is 798. The molecule has 1 aromatic carbocycles. The zero-order chi connectivity index (χ0) is 15.6. The van der Waals surface area contributed by atoms with Crippen LogP contribution in [0.3, 0.4) is 0 Å². The zero-order valence-corrected chi connectivity index (χ0v) is 11.7. The maximum atomic E-state index is 11.8. The lowest BCUT2D eigenvalue weighted by Crippen LogP contribution is -2.19. The van der Waals surface area contributed by atoms with Gasteiger partial charge in [0.25, 0.3) is 11.2 Å². The number of benzene rings is 1. The van der Waals surface area contributed by atoms with Crippen LogP contribution in [0.1, 0.15) is 11.1 Å². The molecule has 0 aliphatic carbocycles. The highest BCUT2D eigenvalue weighted by atomic mass is 35.5. The number of rotatable bonds is 3. The first-order chi connectivity index (χ1) is 9.88. The fraction of sp³-hybridized carbons (Fsp3) is 0.0769. The quantitative estimate of drug-likeness (QED) is 0.533. The molecule has 21 heavy (non-hydrogen) atoms. The Morgan fingerprint density at radius 3 is 2.71 bits per heavy atom. The van der Waals surface area contributed by atoms with E-state index in [1.807, 2.05) is 0 Å². The molecule has 7 nitrogen and oxygen atoms in total. The molecule has 0 spiro atoms. The minimum absolute atomic E-state index is 0.0316. The fourth-order valence-electron chi connectivity index (χ4n) is 1.72. The predicted molar refractivity (Wildman–Crippen MR) is 80.9 cm³/mol. The molecule has 2 aromatic rings. The van der Waals surface area contributed by atoms with Gasteiger partial charge in [0.05, 0.1) is 11.1 Å². The molecular formula is C13H11ClN4O3. The lowest BCUT2D eigenvalue weighted by molar-refractivity contribution is -0.384. The van der Waals surface area contributed by atoms with Gasteiger partial charge in [0.2, 0.25) is 0 Å². The molecule has 0 radical (unpaired) electrons. The Hall–Kier alpha value is -2.67. The summed E-state index contributed by atoms with van der Waals surface area (Å²) in [5, 5.41) is 14.8. The summed E-state index contributed by atoms with van der Waals surface area (Å²) in [5.41, 5.74) is 6.25. The van der Waals surface area contributed by atoms with E-state index < -0.39 is 4.92 Å². The summed E-state index contributed by atoms with van der Waals surface area (Å²) in [6, 6.07) is 7.19. The number of pyridine rings is 1. The van der Waals surface area contributed by atoms with Crippen LogP contribution in [-0.2, 0) is 0 Å². The molecule has 1 heterocycles. The van der Waals surface area contributed by atoms with E-state index in [1.165, 1.54) is 24.4 Å². The average molecular weight is 307 g/mol. The normalized spacial score (nSPS) is 11.0. The molecule has 0 bridgehead atoms. The van der Waals surface area contributed by atoms with Crippen molar-refractivity contribution in [2.24, 2.45) is 5.10 Å². The van der Waals surface area contributed by atoms with E-state index in [4.69, 9.17) is 17.3 Å². The largest absolute Gasteiger partial charge is 0.384 e. The number of halogens is 1. The molecule has 0 unspecified atom stereocenters. The van der Waals surface area contributed by atoms with Crippen LogP contribution in [0, 0.1) is 17.0 Å². The summed E-state index contributed by atoms with van der Waals surface area (Å²) in [6.45, 7) is 1.74. The van der Waals surface area contributed by atoms with Gasteiger partial charge in [-0.05, 0) is 24.6 Å². The zero-order valence-electron chi connectivity index (χ0n) is 11.0. The van der Waals surface area contributed by atoms with Crippen molar-refractivity contribution in [3.63, 3.8) is 0 Å². The van der Waals surface area contributed by atoms with Crippen molar-refractivity contribution >= 4 is 29.3 Å². The summed E-state index contributed by atoms with van der Waals surface area (Å²) in [4.78, 5) is 22.0. The SMILES string of the molecule is Cc1cc(N)n(/N=C\c2ccc(Cl)c([N+](=O)[O-])c2)c(=O)c1. The van der Waals surface area contributed by atoms with Crippen LogP contribution in [-0.4, -0.2) is 15.8 Å². The van der Waals surface area contributed by atoms with E-state index >= 15 is 0 Å². The summed E-state index contributed by atoms with van der Waals surface area (Å²) < 4.78 is 1.01. The van der Waals surface area contributed by atoms with E-state index in [-0.39, 0.29) is 22.1 Å². The summed E-state index contributed by atoms with van der Waals surface area (Å²) in [5.74, 6) is 0.180. The molecule has 0 amide bonds. The van der Waals surface area contributed by atoms with Crippen molar-refractivity contribution in [1.29, 1.82) is 0 Å². The Kier molecular flexibility index (Phi) is 4.04. The van der Waals surface area contributed by atoms with Crippen LogP contribution < -0.4 is 11.3 Å². The average Bonchev–Trinajstić information content (AvgIpc) is 2.38. The topological polar surface area (TPSA) is 104 Å². The van der Waals surface area contributed by atoms with E-state index in [0.29, 0.717) is 5.56 Å². The van der Waals surface area contributed by atoms with Gasteiger partial charge in [-0.2, -0.15) is 9.78 Å². The minimum Gasteiger partial charge on any atom is -0.384 e. The first-order valence-corrected chi connectivity index (χ1v) is 6.24. The van der Waals surface area contributed by atoms with Crippen molar-refractivity contribution in [3.8, 4) is 0 Å². The maximum Gasteiger partial charge on any atom is 0.288 e. The Labute approximate surface area is 124 Å². The molecular weight excluding hydrogens is 296 g/mol. The monoisotopic (exact) mass is 306 g/mol. The van der Waals surface area contributed by atoms with Gasteiger partial charge < -0.3 is 5.73 Å². The second kappa shape index (κ2) is 5.76. The molecule has 0 saturated carbocycles. The number of nitrogens with two attached hydrogens (primary N) is 1. The molecule has 0 aliphatic heterocycles. The second-order valence-corrected chi connectivity index (χ2v) is 4.73. The van der Waals surface area contributed by atoms with Gasteiger partial charge in [-0.15, -0.1) is 0 Å². The van der Waals surface area contributed by atoms with E-state index in [0.717, 1.165) is 10.2 Å². The number of nitro groups is 1. The van der Waals surface area contributed by atoms with Crippen molar-refractivity contribution in [2.45, 2.75) is 6.92 Å². The third-order valence-corrected chi connectivity index (χ3v) is 2.99. The van der Waals surface area contributed by atoms with Gasteiger partial charge in [0, 0.05) is 17.7 Å². The lowest BCUT2D eigenvalue weighted by Gasteiger charge is -2.03. The van der Waals surface area contributed by atoms with Crippen molar-refractivity contribution in [1.82, 2.24) is 4.68 Å². The van der Waals surface area contributed by atoms with Crippen LogP contribution in [0.25, 0.3) is 0 Å². The standard InChI is InChI=1S/C13H11ClN4O3/c1-8-4-12(15)17(13(19)5-8)16-7-9-2-3-10(14)11(6-9)18(20)21/h2-7H,15H2,1H3/b16-7-. The number of nitrogens with zero attached hydrogens (tertiary/aromatic N) is 3.